The molecule has 0 aliphatic heterocycles. The summed E-state index contributed by atoms with van der Waals surface area (Å²) in [7, 11) is 0. The summed E-state index contributed by atoms with van der Waals surface area (Å²) >= 11 is 18.7. The van der Waals surface area contributed by atoms with Gasteiger partial charge in [0.25, 0.3) is 0 Å². The van der Waals surface area contributed by atoms with Crippen LogP contribution in [0.1, 0.15) is 22.6 Å². The van der Waals surface area contributed by atoms with Crippen molar-refractivity contribution in [3.8, 4) is 6.07 Å². The standard InChI is InChI=1S/C25H17Cl3N6O2/c1-14-10-17(18(12-29)15-6-8-16(26)9-7-15)20(28)11-22(14)33-25-23(34(35)36)24(30-13-31-25)32-21-5-3-2-4-19(21)27/h2-11,13,18H,1H3,(H2,30,31,32,33). The van der Waals surface area contributed by atoms with Gasteiger partial charge < -0.3 is 10.6 Å². The molecule has 1 atom stereocenters. The Morgan fingerprint density at radius 1 is 0.944 bits per heavy atom. The number of rotatable bonds is 7. The molecule has 4 aromatic rings. The normalized spacial score (nSPS) is 11.4. The summed E-state index contributed by atoms with van der Waals surface area (Å²) in [5, 5.41) is 28.9. The second kappa shape index (κ2) is 10.8. The van der Waals surface area contributed by atoms with Gasteiger partial charge in [-0.1, -0.05) is 65.1 Å². The van der Waals surface area contributed by atoms with E-state index in [4.69, 9.17) is 34.8 Å². The highest BCUT2D eigenvalue weighted by Gasteiger charge is 2.25. The van der Waals surface area contributed by atoms with Crippen LogP contribution < -0.4 is 10.6 Å². The van der Waals surface area contributed by atoms with Crippen LogP contribution in [0.3, 0.4) is 0 Å². The number of hydrogen-bond acceptors (Lipinski definition) is 7. The number of benzene rings is 3. The van der Waals surface area contributed by atoms with E-state index in [9.17, 15) is 15.4 Å². The largest absolute Gasteiger partial charge is 0.353 e. The molecule has 0 saturated carbocycles. The lowest BCUT2D eigenvalue weighted by molar-refractivity contribution is -0.383. The van der Waals surface area contributed by atoms with Crippen LogP contribution in [0.2, 0.25) is 15.1 Å². The van der Waals surface area contributed by atoms with Gasteiger partial charge in [-0.3, -0.25) is 10.1 Å². The Hall–Kier alpha value is -3.90. The maximum absolute atomic E-state index is 12.0. The molecular formula is C25H17Cl3N6O2. The molecular weight excluding hydrogens is 523 g/mol. The third kappa shape index (κ3) is 5.34. The maximum atomic E-state index is 12.0. The van der Waals surface area contributed by atoms with Crippen LogP contribution in [-0.2, 0) is 0 Å². The highest BCUT2D eigenvalue weighted by atomic mass is 35.5. The summed E-state index contributed by atoms with van der Waals surface area (Å²) in [6, 6.07) is 19.4. The first-order valence-electron chi connectivity index (χ1n) is 10.5. The van der Waals surface area contributed by atoms with Gasteiger partial charge in [0, 0.05) is 15.7 Å². The molecule has 0 bridgehead atoms. The van der Waals surface area contributed by atoms with Gasteiger partial charge >= 0.3 is 5.69 Å². The third-order valence-corrected chi connectivity index (χ3v) is 6.28. The SMILES string of the molecule is Cc1cc(C(C#N)c2ccc(Cl)cc2)c(Cl)cc1Nc1ncnc(Nc2ccccc2Cl)c1[N+](=O)[O-]. The Morgan fingerprint density at radius 2 is 1.58 bits per heavy atom. The molecule has 0 radical (unpaired) electrons. The van der Waals surface area contributed by atoms with Gasteiger partial charge in [0.2, 0.25) is 11.6 Å². The van der Waals surface area contributed by atoms with Crippen LogP contribution in [0.5, 0.6) is 0 Å². The van der Waals surface area contributed by atoms with Gasteiger partial charge in [-0.2, -0.15) is 5.26 Å². The van der Waals surface area contributed by atoms with Crippen molar-refractivity contribution in [1.29, 1.82) is 5.26 Å². The molecule has 4 rings (SSSR count). The van der Waals surface area contributed by atoms with E-state index in [0.29, 0.717) is 37.6 Å². The van der Waals surface area contributed by atoms with Gasteiger partial charge in [-0.25, -0.2) is 9.97 Å². The fourth-order valence-corrected chi connectivity index (χ4v) is 4.17. The van der Waals surface area contributed by atoms with Crippen molar-refractivity contribution >= 4 is 63.5 Å². The molecule has 11 heteroatoms. The Kier molecular flexibility index (Phi) is 7.55. The topological polar surface area (TPSA) is 117 Å². The van der Waals surface area contributed by atoms with Gasteiger partial charge in [0.1, 0.15) is 6.33 Å². The van der Waals surface area contributed by atoms with Crippen molar-refractivity contribution in [2.45, 2.75) is 12.8 Å². The Morgan fingerprint density at radius 3 is 2.19 bits per heavy atom. The number of para-hydroxylation sites is 1. The summed E-state index contributed by atoms with van der Waals surface area (Å²) in [5.41, 5.74) is 2.63. The van der Waals surface area contributed by atoms with E-state index in [1.54, 1.807) is 67.6 Å². The van der Waals surface area contributed by atoms with Crippen LogP contribution in [0, 0.1) is 28.4 Å². The number of nitriles is 1. The molecule has 3 aromatic carbocycles. The third-order valence-electron chi connectivity index (χ3n) is 5.37. The molecule has 36 heavy (non-hydrogen) atoms. The van der Waals surface area contributed by atoms with Crippen molar-refractivity contribution in [1.82, 2.24) is 9.97 Å². The highest BCUT2D eigenvalue weighted by Crippen LogP contribution is 2.38. The number of anilines is 4. The van der Waals surface area contributed by atoms with E-state index in [-0.39, 0.29) is 17.3 Å². The number of halogens is 3. The zero-order valence-electron chi connectivity index (χ0n) is 18.7. The number of nitrogens with one attached hydrogen (secondary N) is 2. The van der Waals surface area contributed by atoms with Crippen LogP contribution in [0.25, 0.3) is 0 Å². The first kappa shape index (κ1) is 25.2. The smallest absolute Gasteiger partial charge is 0.334 e. The molecule has 0 spiro atoms. The number of nitrogens with zero attached hydrogens (tertiary/aromatic N) is 4. The minimum Gasteiger partial charge on any atom is -0.334 e. The molecule has 0 aliphatic carbocycles. The van der Waals surface area contributed by atoms with E-state index < -0.39 is 10.8 Å². The minimum atomic E-state index is -0.623. The Balaban J connectivity index is 1.70. The zero-order chi connectivity index (χ0) is 25.8. The quantitative estimate of drug-likeness (QED) is 0.182. The van der Waals surface area contributed by atoms with Gasteiger partial charge in [-0.15, -0.1) is 0 Å². The molecule has 8 nitrogen and oxygen atoms in total. The van der Waals surface area contributed by atoms with Crippen LogP contribution in [0.15, 0.2) is 67.0 Å². The second-order valence-corrected chi connectivity index (χ2v) is 8.96. The molecule has 0 saturated heterocycles. The molecule has 1 heterocycles. The summed E-state index contributed by atoms with van der Waals surface area (Å²) in [4.78, 5) is 19.5. The molecule has 0 fully saturated rings. The van der Waals surface area contributed by atoms with E-state index in [0.717, 1.165) is 5.56 Å². The first-order valence-corrected chi connectivity index (χ1v) is 11.6. The number of aromatic nitrogens is 2. The van der Waals surface area contributed by atoms with E-state index >= 15 is 0 Å². The van der Waals surface area contributed by atoms with Gasteiger partial charge in [0.15, 0.2) is 0 Å². The number of nitro groups is 1. The first-order chi connectivity index (χ1) is 17.3. The molecule has 0 aliphatic rings. The molecule has 1 unspecified atom stereocenters. The van der Waals surface area contributed by atoms with Crippen molar-refractivity contribution in [2.24, 2.45) is 0 Å². The highest BCUT2D eigenvalue weighted by molar-refractivity contribution is 6.33. The lowest BCUT2D eigenvalue weighted by Gasteiger charge is -2.17. The average Bonchev–Trinajstić information content (AvgIpc) is 2.85. The van der Waals surface area contributed by atoms with Crippen LogP contribution in [-0.4, -0.2) is 14.9 Å². The lowest BCUT2D eigenvalue weighted by Crippen LogP contribution is -2.07. The predicted molar refractivity (Wildman–Crippen MR) is 142 cm³/mol. The molecule has 1 aromatic heterocycles. The zero-order valence-corrected chi connectivity index (χ0v) is 20.9. The molecule has 180 valence electrons. The lowest BCUT2D eigenvalue weighted by atomic mass is 9.91. The molecule has 0 amide bonds. The van der Waals surface area contributed by atoms with E-state index in [2.05, 4.69) is 26.7 Å². The molecule has 2 N–H and O–H groups in total. The second-order valence-electron chi connectivity index (χ2n) is 7.71. The van der Waals surface area contributed by atoms with E-state index in [1.807, 2.05) is 0 Å². The van der Waals surface area contributed by atoms with Crippen molar-refractivity contribution in [3.63, 3.8) is 0 Å². The Labute approximate surface area is 221 Å². The van der Waals surface area contributed by atoms with Crippen molar-refractivity contribution in [2.75, 3.05) is 10.6 Å². The van der Waals surface area contributed by atoms with Crippen molar-refractivity contribution in [3.05, 3.63) is 109 Å². The fraction of sp³-hybridized carbons (Fsp3) is 0.0800. The van der Waals surface area contributed by atoms with Crippen molar-refractivity contribution < 1.29 is 4.92 Å². The van der Waals surface area contributed by atoms with Gasteiger partial charge in [0.05, 0.1) is 27.6 Å². The fourth-order valence-electron chi connectivity index (χ4n) is 3.59. The van der Waals surface area contributed by atoms with E-state index in [1.165, 1.54) is 6.33 Å². The maximum Gasteiger partial charge on any atom is 0.353 e. The number of hydrogen-bond donors (Lipinski definition) is 2. The van der Waals surface area contributed by atoms with Gasteiger partial charge in [-0.05, 0) is 53.9 Å². The summed E-state index contributed by atoms with van der Waals surface area (Å²) in [5.74, 6) is -0.688. The average molecular weight is 540 g/mol. The van der Waals surface area contributed by atoms with Crippen LogP contribution >= 0.6 is 34.8 Å². The summed E-state index contributed by atoms with van der Waals surface area (Å²) in [6.45, 7) is 1.80. The predicted octanol–water partition coefficient (Wildman–Crippen LogP) is 7.80. The monoisotopic (exact) mass is 538 g/mol. The Bertz CT molecular complexity index is 1490. The summed E-state index contributed by atoms with van der Waals surface area (Å²) in [6.07, 6.45) is 1.20. The van der Waals surface area contributed by atoms with Crippen LogP contribution in [0.4, 0.5) is 28.7 Å². The number of aryl methyl sites for hydroxylation is 1. The minimum absolute atomic E-state index is 0.0294. The summed E-state index contributed by atoms with van der Waals surface area (Å²) < 4.78 is 0.